The summed E-state index contributed by atoms with van der Waals surface area (Å²) in [5.74, 6) is 2.74. The van der Waals surface area contributed by atoms with Crippen molar-refractivity contribution in [1.82, 2.24) is 14.9 Å². The molecule has 1 atom stereocenters. The topological polar surface area (TPSA) is 76.6 Å². The van der Waals surface area contributed by atoms with Gasteiger partial charge in [0.05, 0.1) is 0 Å². The number of likely N-dealkylation sites (tertiary alicyclic amines) is 1. The van der Waals surface area contributed by atoms with Crippen LogP contribution in [-0.2, 0) is 11.2 Å². The molecule has 1 aromatic heterocycles. The molecule has 2 aliphatic heterocycles. The van der Waals surface area contributed by atoms with Gasteiger partial charge in [-0.15, -0.1) is 0 Å². The van der Waals surface area contributed by atoms with E-state index in [1.165, 1.54) is 0 Å². The van der Waals surface area contributed by atoms with Gasteiger partial charge in [0.2, 0.25) is 6.10 Å². The van der Waals surface area contributed by atoms with Crippen LogP contribution in [0.2, 0.25) is 5.15 Å². The molecule has 8 heteroatoms. The molecule has 2 aromatic rings. The number of nitrogens with zero attached hydrogens (tertiary/aromatic N) is 3. The van der Waals surface area contributed by atoms with E-state index in [-0.39, 0.29) is 18.6 Å². The minimum absolute atomic E-state index is 0.0203. The fourth-order valence-corrected chi connectivity index (χ4v) is 4.12. The Kier molecular flexibility index (Phi) is 5.76. The molecule has 0 saturated carbocycles. The smallest absolute Gasteiger partial charge is 0.267 e. The largest absolute Gasteiger partial charge is 0.485 e. The Morgan fingerprint density at radius 2 is 1.97 bits per heavy atom. The van der Waals surface area contributed by atoms with Crippen LogP contribution in [-0.4, -0.2) is 52.6 Å². The van der Waals surface area contributed by atoms with E-state index in [1.807, 2.05) is 43.0 Å². The van der Waals surface area contributed by atoms with Crippen LogP contribution in [0.4, 0.5) is 5.82 Å². The normalized spacial score (nSPS) is 19.1. The van der Waals surface area contributed by atoms with Crippen molar-refractivity contribution < 1.29 is 14.3 Å². The average Bonchev–Trinajstić information content (AvgIpc) is 2.73. The van der Waals surface area contributed by atoms with Crippen molar-refractivity contribution in [2.75, 3.05) is 25.0 Å². The van der Waals surface area contributed by atoms with Crippen LogP contribution in [0.1, 0.15) is 31.2 Å². The van der Waals surface area contributed by atoms with E-state index in [0.717, 1.165) is 30.6 Å². The number of hydrogen-bond acceptors (Lipinski definition) is 6. The highest BCUT2D eigenvalue weighted by molar-refractivity contribution is 6.30. The number of para-hydroxylation sites is 2. The number of nitrogens with one attached hydrogen (secondary N) is 1. The number of aromatic nitrogens is 2. The number of rotatable bonds is 4. The monoisotopic (exact) mass is 416 g/mol. The summed E-state index contributed by atoms with van der Waals surface area (Å²) in [7, 11) is 0. The Hall–Kier alpha value is -2.54. The number of carbonyl (C=O) groups is 1. The lowest BCUT2D eigenvalue weighted by atomic mass is 10.0. The predicted octanol–water partition coefficient (Wildman–Crippen LogP) is 3.24. The van der Waals surface area contributed by atoms with E-state index in [0.29, 0.717) is 35.6 Å². The zero-order chi connectivity index (χ0) is 20.4. The molecule has 2 aliphatic rings. The van der Waals surface area contributed by atoms with Crippen molar-refractivity contribution in [3.05, 3.63) is 40.8 Å². The maximum Gasteiger partial charge on any atom is 0.267 e. The number of ether oxygens (including phenoxy) is 2. The molecule has 154 valence electrons. The number of benzene rings is 1. The first kappa shape index (κ1) is 19.8. The Morgan fingerprint density at radius 1 is 1.24 bits per heavy atom. The van der Waals surface area contributed by atoms with Crippen LogP contribution in [0.5, 0.6) is 11.5 Å². The van der Waals surface area contributed by atoms with E-state index in [4.69, 9.17) is 21.1 Å². The highest BCUT2D eigenvalue weighted by atomic mass is 35.5. The predicted molar refractivity (Wildman–Crippen MR) is 111 cm³/mol. The van der Waals surface area contributed by atoms with Crippen molar-refractivity contribution in [1.29, 1.82) is 0 Å². The van der Waals surface area contributed by atoms with Crippen molar-refractivity contribution in [3.63, 3.8) is 0 Å². The van der Waals surface area contributed by atoms with Gasteiger partial charge in [0.15, 0.2) is 11.5 Å². The molecule has 1 amide bonds. The quantitative estimate of drug-likeness (QED) is 0.771. The van der Waals surface area contributed by atoms with Gasteiger partial charge in [-0.3, -0.25) is 4.79 Å². The minimum atomic E-state index is -0.593. The molecule has 7 nitrogen and oxygen atoms in total. The van der Waals surface area contributed by atoms with E-state index in [9.17, 15) is 4.79 Å². The minimum Gasteiger partial charge on any atom is -0.485 e. The number of halogens is 1. The number of fused-ring (bicyclic) bond motifs is 1. The Balaban J connectivity index is 1.35. The van der Waals surface area contributed by atoms with Gasteiger partial charge >= 0.3 is 0 Å². The number of aryl methyl sites for hydroxylation is 1. The van der Waals surface area contributed by atoms with Gasteiger partial charge < -0.3 is 19.7 Å². The molecule has 4 rings (SSSR count). The number of piperidine rings is 1. The van der Waals surface area contributed by atoms with Crippen molar-refractivity contribution in [2.45, 2.75) is 45.3 Å². The third-order valence-electron chi connectivity index (χ3n) is 5.35. The molecule has 1 N–H and O–H groups in total. The highest BCUT2D eigenvalue weighted by Gasteiger charge is 2.33. The summed E-state index contributed by atoms with van der Waals surface area (Å²) in [6.45, 7) is 5.44. The summed E-state index contributed by atoms with van der Waals surface area (Å²) in [6, 6.07) is 7.67. The number of hydrogen-bond donors (Lipinski definition) is 1. The summed E-state index contributed by atoms with van der Waals surface area (Å²) in [5, 5.41) is 4.01. The van der Waals surface area contributed by atoms with Crippen LogP contribution in [0.3, 0.4) is 0 Å². The van der Waals surface area contributed by atoms with Crippen LogP contribution in [0, 0.1) is 6.92 Å². The Bertz CT molecular complexity index is 899. The van der Waals surface area contributed by atoms with Crippen LogP contribution in [0.15, 0.2) is 24.3 Å². The average molecular weight is 417 g/mol. The fourth-order valence-electron chi connectivity index (χ4n) is 3.78. The number of anilines is 1. The van der Waals surface area contributed by atoms with Gasteiger partial charge in [-0.05, 0) is 38.3 Å². The molecule has 1 saturated heterocycles. The zero-order valence-electron chi connectivity index (χ0n) is 16.7. The van der Waals surface area contributed by atoms with E-state index in [1.54, 1.807) is 0 Å². The zero-order valence-corrected chi connectivity index (χ0v) is 17.4. The van der Waals surface area contributed by atoms with Gasteiger partial charge in [-0.25, -0.2) is 9.97 Å². The molecule has 1 fully saturated rings. The summed E-state index contributed by atoms with van der Waals surface area (Å²) >= 11 is 6.27. The first-order valence-corrected chi connectivity index (χ1v) is 10.4. The number of carbonyl (C=O) groups excluding carboxylic acids is 1. The first-order valence-electron chi connectivity index (χ1n) is 10.0. The van der Waals surface area contributed by atoms with Gasteiger partial charge in [-0.1, -0.05) is 30.7 Å². The third kappa shape index (κ3) is 4.24. The SMILES string of the molecule is CCc1c(Cl)nc(C)nc1NC1CCN(C(=O)C2COc3ccccc3O2)CC1. The molecule has 3 heterocycles. The summed E-state index contributed by atoms with van der Waals surface area (Å²) in [5.41, 5.74) is 0.933. The molecular weight excluding hydrogens is 392 g/mol. The standard InChI is InChI=1S/C21H25ClN4O3/c1-3-15-19(22)23-13(2)24-20(15)25-14-8-10-26(11-9-14)21(27)18-12-28-16-6-4-5-7-17(16)29-18/h4-7,14,18H,3,8-12H2,1-2H3,(H,23,24,25). The first-order chi connectivity index (χ1) is 14.0. The lowest BCUT2D eigenvalue weighted by Crippen LogP contribution is -2.50. The highest BCUT2D eigenvalue weighted by Crippen LogP contribution is 2.31. The second kappa shape index (κ2) is 8.45. The summed E-state index contributed by atoms with van der Waals surface area (Å²) in [6.07, 6.45) is 1.84. The van der Waals surface area contributed by atoms with Gasteiger partial charge in [0, 0.05) is 24.7 Å². The second-order valence-electron chi connectivity index (χ2n) is 7.35. The van der Waals surface area contributed by atoms with Crippen molar-refractivity contribution in [3.8, 4) is 11.5 Å². The maximum atomic E-state index is 12.9. The molecule has 0 spiro atoms. The summed E-state index contributed by atoms with van der Waals surface area (Å²) < 4.78 is 11.5. The van der Waals surface area contributed by atoms with Gasteiger partial charge in [0.1, 0.15) is 23.4 Å². The maximum absolute atomic E-state index is 12.9. The lowest BCUT2D eigenvalue weighted by molar-refractivity contribution is -0.142. The Labute approximate surface area is 175 Å². The molecule has 0 bridgehead atoms. The molecule has 1 unspecified atom stereocenters. The summed E-state index contributed by atoms with van der Waals surface area (Å²) in [4.78, 5) is 23.5. The molecule has 29 heavy (non-hydrogen) atoms. The molecule has 0 radical (unpaired) electrons. The molecule has 1 aromatic carbocycles. The van der Waals surface area contributed by atoms with Crippen LogP contribution >= 0.6 is 11.6 Å². The molecular formula is C21H25ClN4O3. The van der Waals surface area contributed by atoms with Crippen LogP contribution < -0.4 is 14.8 Å². The number of amides is 1. The van der Waals surface area contributed by atoms with Crippen LogP contribution in [0.25, 0.3) is 0 Å². The van der Waals surface area contributed by atoms with E-state index >= 15 is 0 Å². The van der Waals surface area contributed by atoms with Gasteiger partial charge in [-0.2, -0.15) is 0 Å². The fraction of sp³-hybridized carbons (Fsp3) is 0.476. The Morgan fingerprint density at radius 3 is 2.69 bits per heavy atom. The van der Waals surface area contributed by atoms with E-state index in [2.05, 4.69) is 15.3 Å². The van der Waals surface area contributed by atoms with E-state index < -0.39 is 6.10 Å². The van der Waals surface area contributed by atoms with Crippen molar-refractivity contribution >= 4 is 23.3 Å². The third-order valence-corrected chi connectivity index (χ3v) is 5.67. The van der Waals surface area contributed by atoms with Gasteiger partial charge in [0.25, 0.3) is 5.91 Å². The molecule has 0 aliphatic carbocycles. The van der Waals surface area contributed by atoms with Crippen molar-refractivity contribution in [2.24, 2.45) is 0 Å². The second-order valence-corrected chi connectivity index (χ2v) is 7.71. The lowest BCUT2D eigenvalue weighted by Gasteiger charge is -2.36.